The van der Waals surface area contributed by atoms with Crippen LogP contribution in [0, 0.1) is 6.92 Å². The summed E-state index contributed by atoms with van der Waals surface area (Å²) in [6, 6.07) is 6.01. The van der Waals surface area contributed by atoms with Gasteiger partial charge in [-0.3, -0.25) is 9.36 Å². The zero-order valence-corrected chi connectivity index (χ0v) is 15.2. The van der Waals surface area contributed by atoms with Gasteiger partial charge >= 0.3 is 5.69 Å². The average Bonchev–Trinajstić information content (AvgIpc) is 3.11. The summed E-state index contributed by atoms with van der Waals surface area (Å²) in [5.74, 6) is -0.509. The van der Waals surface area contributed by atoms with Gasteiger partial charge in [-0.05, 0) is 24.6 Å². The number of hydrogen-bond acceptors (Lipinski definition) is 6. The molecule has 2 aromatic heterocycles. The molecule has 0 saturated carbocycles. The molecule has 3 rings (SSSR count). The highest BCUT2D eigenvalue weighted by molar-refractivity contribution is 6.30. The first-order valence-electron chi connectivity index (χ1n) is 7.95. The fraction of sp³-hybridized carbons (Fsp3) is 0.294. The molecular weight excluding hydrogens is 379 g/mol. The monoisotopic (exact) mass is 394 g/mol. The van der Waals surface area contributed by atoms with Crippen LogP contribution in [-0.2, 0) is 13.6 Å². The number of aromatic nitrogens is 4. The lowest BCUT2D eigenvalue weighted by molar-refractivity contribution is 0.0708. The SMILES string of the molecule is Cc1cn(C)c(=O)n(Cc2nc([C@@H](F)[C@H](O)c3ccc(Cl)cc3)no2)c1=O. The fourth-order valence-electron chi connectivity index (χ4n) is 2.58. The Morgan fingerprint density at radius 1 is 1.30 bits per heavy atom. The first-order chi connectivity index (χ1) is 12.8. The molecule has 0 bridgehead atoms. The van der Waals surface area contributed by atoms with Gasteiger partial charge in [0.25, 0.3) is 5.56 Å². The third-order valence-corrected chi connectivity index (χ3v) is 4.27. The Hall–Kier alpha value is -2.78. The molecule has 27 heavy (non-hydrogen) atoms. The Bertz CT molecular complexity index is 1040. The van der Waals surface area contributed by atoms with Crippen LogP contribution in [0.4, 0.5) is 4.39 Å². The van der Waals surface area contributed by atoms with Crippen LogP contribution in [0.3, 0.4) is 0 Å². The number of nitrogens with zero attached hydrogens (tertiary/aromatic N) is 4. The van der Waals surface area contributed by atoms with E-state index in [1.165, 1.54) is 42.1 Å². The van der Waals surface area contributed by atoms with Gasteiger partial charge in [-0.2, -0.15) is 4.98 Å². The van der Waals surface area contributed by atoms with Gasteiger partial charge in [0.05, 0.1) is 0 Å². The van der Waals surface area contributed by atoms with E-state index in [9.17, 15) is 19.1 Å². The van der Waals surface area contributed by atoms with E-state index >= 15 is 0 Å². The van der Waals surface area contributed by atoms with Crippen molar-refractivity contribution in [1.29, 1.82) is 0 Å². The number of aliphatic hydroxyl groups excluding tert-OH is 1. The van der Waals surface area contributed by atoms with Crippen molar-refractivity contribution in [3.63, 3.8) is 0 Å². The molecule has 0 aliphatic rings. The summed E-state index contributed by atoms with van der Waals surface area (Å²) < 4.78 is 21.7. The second kappa shape index (κ2) is 7.45. The van der Waals surface area contributed by atoms with Gasteiger partial charge in [-0.15, -0.1) is 0 Å². The summed E-state index contributed by atoms with van der Waals surface area (Å²) in [4.78, 5) is 28.1. The zero-order valence-electron chi connectivity index (χ0n) is 14.5. The van der Waals surface area contributed by atoms with Gasteiger partial charge in [0.2, 0.25) is 11.7 Å². The minimum Gasteiger partial charge on any atom is -0.385 e. The summed E-state index contributed by atoms with van der Waals surface area (Å²) >= 11 is 5.77. The fourth-order valence-corrected chi connectivity index (χ4v) is 2.71. The molecule has 10 heteroatoms. The number of hydrogen-bond donors (Lipinski definition) is 1. The molecular formula is C17H16ClFN4O4. The Labute approximate surface area is 157 Å². The Morgan fingerprint density at radius 3 is 2.63 bits per heavy atom. The number of aliphatic hydroxyl groups is 1. The molecule has 2 atom stereocenters. The van der Waals surface area contributed by atoms with Crippen molar-refractivity contribution in [2.75, 3.05) is 0 Å². The summed E-state index contributed by atoms with van der Waals surface area (Å²) in [7, 11) is 1.50. The van der Waals surface area contributed by atoms with Crippen molar-refractivity contribution in [1.82, 2.24) is 19.3 Å². The van der Waals surface area contributed by atoms with Crippen LogP contribution in [-0.4, -0.2) is 24.4 Å². The van der Waals surface area contributed by atoms with E-state index < -0.39 is 23.5 Å². The second-order valence-electron chi connectivity index (χ2n) is 6.04. The molecule has 1 N–H and O–H groups in total. The van der Waals surface area contributed by atoms with E-state index in [1.54, 1.807) is 6.92 Å². The van der Waals surface area contributed by atoms with E-state index in [0.717, 1.165) is 4.57 Å². The number of alkyl halides is 1. The van der Waals surface area contributed by atoms with E-state index in [1.807, 2.05) is 0 Å². The number of benzene rings is 1. The molecule has 3 aromatic rings. The van der Waals surface area contributed by atoms with Crippen molar-refractivity contribution in [3.8, 4) is 0 Å². The Morgan fingerprint density at radius 2 is 1.96 bits per heavy atom. The lowest BCUT2D eigenvalue weighted by Crippen LogP contribution is -2.40. The van der Waals surface area contributed by atoms with Crippen molar-refractivity contribution < 1.29 is 14.0 Å². The van der Waals surface area contributed by atoms with Crippen molar-refractivity contribution >= 4 is 11.6 Å². The van der Waals surface area contributed by atoms with Crippen LogP contribution < -0.4 is 11.2 Å². The molecule has 0 unspecified atom stereocenters. The predicted molar refractivity (Wildman–Crippen MR) is 94.3 cm³/mol. The second-order valence-corrected chi connectivity index (χ2v) is 6.48. The maximum absolute atomic E-state index is 14.6. The molecule has 0 aliphatic carbocycles. The molecule has 142 valence electrons. The molecule has 0 radical (unpaired) electrons. The maximum Gasteiger partial charge on any atom is 0.331 e. The largest absolute Gasteiger partial charge is 0.385 e. The van der Waals surface area contributed by atoms with Crippen LogP contribution in [0.15, 0.2) is 44.6 Å². The topological polar surface area (TPSA) is 103 Å². The normalized spacial score (nSPS) is 13.5. The summed E-state index contributed by atoms with van der Waals surface area (Å²) in [6.07, 6.45) is -2.07. The zero-order chi connectivity index (χ0) is 19.7. The molecule has 0 saturated heterocycles. The van der Waals surface area contributed by atoms with Crippen LogP contribution in [0.5, 0.6) is 0 Å². The van der Waals surface area contributed by atoms with E-state index in [-0.39, 0.29) is 18.3 Å². The molecule has 1 aromatic carbocycles. The molecule has 8 nitrogen and oxygen atoms in total. The lowest BCUT2D eigenvalue weighted by Gasteiger charge is -2.12. The Kier molecular flexibility index (Phi) is 5.24. The summed E-state index contributed by atoms with van der Waals surface area (Å²) in [6.45, 7) is 1.27. The summed E-state index contributed by atoms with van der Waals surface area (Å²) in [5, 5.41) is 14.1. The molecule has 0 amide bonds. The molecule has 0 spiro atoms. The highest BCUT2D eigenvalue weighted by Gasteiger charge is 2.27. The van der Waals surface area contributed by atoms with Crippen LogP contribution >= 0.6 is 11.6 Å². The van der Waals surface area contributed by atoms with Crippen LogP contribution in [0.1, 0.15) is 35.1 Å². The third kappa shape index (κ3) is 3.83. The summed E-state index contributed by atoms with van der Waals surface area (Å²) in [5.41, 5.74) is -0.417. The first kappa shape index (κ1) is 19.0. The quantitative estimate of drug-likeness (QED) is 0.706. The average molecular weight is 395 g/mol. The number of aryl methyl sites for hydroxylation is 2. The Balaban J connectivity index is 1.84. The highest BCUT2D eigenvalue weighted by Crippen LogP contribution is 2.31. The number of rotatable bonds is 5. The minimum absolute atomic E-state index is 0.124. The van der Waals surface area contributed by atoms with Crippen molar-refractivity contribution in [3.05, 3.63) is 79.2 Å². The lowest BCUT2D eigenvalue weighted by atomic mass is 10.1. The van der Waals surface area contributed by atoms with Gasteiger partial charge in [-0.25, -0.2) is 9.18 Å². The van der Waals surface area contributed by atoms with Crippen molar-refractivity contribution in [2.24, 2.45) is 7.05 Å². The highest BCUT2D eigenvalue weighted by atomic mass is 35.5. The van der Waals surface area contributed by atoms with E-state index in [0.29, 0.717) is 16.1 Å². The first-order valence-corrected chi connectivity index (χ1v) is 8.33. The van der Waals surface area contributed by atoms with Gasteiger partial charge in [-0.1, -0.05) is 28.9 Å². The standard InChI is InChI=1S/C17H16ClFN4O4/c1-9-7-22(2)17(26)23(16(9)25)8-12-20-15(21-27-12)13(19)14(24)10-3-5-11(18)6-4-10/h3-7,13-14,24H,8H2,1-2H3/t13-,14+/m0/s1. The minimum atomic E-state index is -1.96. The van der Waals surface area contributed by atoms with Crippen LogP contribution in [0.25, 0.3) is 0 Å². The molecule has 0 fully saturated rings. The van der Waals surface area contributed by atoms with Crippen LogP contribution in [0.2, 0.25) is 5.02 Å². The van der Waals surface area contributed by atoms with Gasteiger partial charge < -0.3 is 14.2 Å². The van der Waals surface area contributed by atoms with E-state index in [4.69, 9.17) is 16.1 Å². The van der Waals surface area contributed by atoms with Crippen molar-refractivity contribution in [2.45, 2.75) is 25.7 Å². The maximum atomic E-state index is 14.6. The predicted octanol–water partition coefficient (Wildman–Crippen LogP) is 1.68. The van der Waals surface area contributed by atoms with Gasteiger partial charge in [0.15, 0.2) is 6.17 Å². The smallest absolute Gasteiger partial charge is 0.331 e. The molecule has 0 aliphatic heterocycles. The third-order valence-electron chi connectivity index (χ3n) is 4.01. The van der Waals surface area contributed by atoms with Gasteiger partial charge in [0.1, 0.15) is 12.6 Å². The number of halogens is 2. The van der Waals surface area contributed by atoms with Gasteiger partial charge in [0, 0.05) is 23.8 Å². The van der Waals surface area contributed by atoms with E-state index in [2.05, 4.69) is 10.1 Å². The molecule has 2 heterocycles.